The van der Waals surface area contributed by atoms with Gasteiger partial charge in [0.1, 0.15) is 0 Å². The van der Waals surface area contributed by atoms with Gasteiger partial charge in [-0.25, -0.2) is 9.50 Å². The molecular formula is C17H21N5O. The van der Waals surface area contributed by atoms with Crippen molar-refractivity contribution >= 4 is 5.65 Å². The summed E-state index contributed by atoms with van der Waals surface area (Å²) < 4.78 is 3.82. The van der Waals surface area contributed by atoms with E-state index in [4.69, 9.17) is 0 Å². The maximum atomic E-state index is 12.2. The van der Waals surface area contributed by atoms with Crippen LogP contribution in [0.2, 0.25) is 0 Å². The molecule has 3 aromatic rings. The number of nitrogens with zero attached hydrogens (tertiary/aromatic N) is 4. The van der Waals surface area contributed by atoms with Crippen molar-refractivity contribution < 1.29 is 0 Å². The average Bonchev–Trinajstić information content (AvgIpc) is 3.13. The van der Waals surface area contributed by atoms with Gasteiger partial charge in [0, 0.05) is 49.4 Å². The van der Waals surface area contributed by atoms with Crippen molar-refractivity contribution in [3.8, 4) is 0 Å². The molecule has 0 saturated carbocycles. The Morgan fingerprint density at radius 2 is 2.22 bits per heavy atom. The van der Waals surface area contributed by atoms with Crippen LogP contribution >= 0.6 is 0 Å². The third-order valence-corrected chi connectivity index (χ3v) is 4.66. The number of aryl methyl sites for hydroxylation is 1. The molecule has 1 atom stereocenters. The van der Waals surface area contributed by atoms with E-state index in [1.165, 1.54) is 10.2 Å². The van der Waals surface area contributed by atoms with Crippen molar-refractivity contribution in [3.63, 3.8) is 0 Å². The van der Waals surface area contributed by atoms with Crippen molar-refractivity contribution in [2.24, 2.45) is 0 Å². The van der Waals surface area contributed by atoms with E-state index < -0.39 is 0 Å². The van der Waals surface area contributed by atoms with Gasteiger partial charge < -0.3 is 4.57 Å². The molecular weight excluding hydrogens is 290 g/mol. The molecule has 4 rings (SSSR count). The van der Waals surface area contributed by atoms with Gasteiger partial charge in [-0.15, -0.1) is 0 Å². The number of aromatic nitrogens is 4. The first kappa shape index (κ1) is 14.3. The van der Waals surface area contributed by atoms with Crippen LogP contribution in [0, 0.1) is 6.92 Å². The summed E-state index contributed by atoms with van der Waals surface area (Å²) in [5.74, 6) is 0. The number of fused-ring (bicyclic) bond motifs is 2. The Morgan fingerprint density at radius 1 is 1.35 bits per heavy atom. The van der Waals surface area contributed by atoms with E-state index in [-0.39, 0.29) is 5.56 Å². The highest BCUT2D eigenvalue weighted by molar-refractivity contribution is 5.39. The van der Waals surface area contributed by atoms with Gasteiger partial charge in [0.05, 0.1) is 11.7 Å². The molecule has 0 bridgehead atoms. The number of aromatic amines is 1. The van der Waals surface area contributed by atoms with Crippen LogP contribution in [0.25, 0.3) is 5.65 Å². The quantitative estimate of drug-likeness (QED) is 0.806. The zero-order valence-electron chi connectivity index (χ0n) is 13.5. The SMILES string of the molecule is CC[C@@H]1c2cccn2CCN1Cc1cc(=O)n2[nH]c(C)cc2n1. The molecule has 6 nitrogen and oxygen atoms in total. The second kappa shape index (κ2) is 5.38. The maximum Gasteiger partial charge on any atom is 0.272 e. The minimum atomic E-state index is -0.0495. The summed E-state index contributed by atoms with van der Waals surface area (Å²) in [7, 11) is 0. The monoisotopic (exact) mass is 311 g/mol. The van der Waals surface area contributed by atoms with Gasteiger partial charge in [0.25, 0.3) is 5.56 Å². The molecule has 0 radical (unpaired) electrons. The molecule has 6 heteroatoms. The van der Waals surface area contributed by atoms with Crippen molar-refractivity contribution in [1.82, 2.24) is 24.1 Å². The Balaban J connectivity index is 1.66. The van der Waals surface area contributed by atoms with Crippen LogP contribution in [-0.2, 0) is 13.1 Å². The van der Waals surface area contributed by atoms with Crippen molar-refractivity contribution in [2.75, 3.05) is 6.54 Å². The summed E-state index contributed by atoms with van der Waals surface area (Å²) in [5.41, 5.74) is 3.78. The Morgan fingerprint density at radius 3 is 3.04 bits per heavy atom. The van der Waals surface area contributed by atoms with Crippen molar-refractivity contribution in [1.29, 1.82) is 0 Å². The van der Waals surface area contributed by atoms with Crippen molar-refractivity contribution in [2.45, 2.75) is 39.4 Å². The zero-order chi connectivity index (χ0) is 16.0. The van der Waals surface area contributed by atoms with E-state index >= 15 is 0 Å². The predicted molar refractivity (Wildman–Crippen MR) is 88.4 cm³/mol. The lowest BCUT2D eigenvalue weighted by Gasteiger charge is -2.36. The Kier molecular flexibility index (Phi) is 3.34. The summed E-state index contributed by atoms with van der Waals surface area (Å²) in [5, 5.41) is 3.01. The minimum absolute atomic E-state index is 0.0495. The van der Waals surface area contributed by atoms with E-state index in [9.17, 15) is 4.79 Å². The molecule has 0 fully saturated rings. The highest BCUT2D eigenvalue weighted by Gasteiger charge is 2.26. The third-order valence-electron chi connectivity index (χ3n) is 4.66. The molecule has 0 amide bonds. The van der Waals surface area contributed by atoms with Crippen molar-refractivity contribution in [3.05, 3.63) is 57.9 Å². The van der Waals surface area contributed by atoms with Crippen LogP contribution in [0.3, 0.4) is 0 Å². The third kappa shape index (κ3) is 2.39. The first-order valence-corrected chi connectivity index (χ1v) is 8.13. The largest absolute Gasteiger partial charge is 0.349 e. The molecule has 23 heavy (non-hydrogen) atoms. The molecule has 3 aromatic heterocycles. The van der Waals surface area contributed by atoms with E-state index in [0.29, 0.717) is 18.2 Å². The predicted octanol–water partition coefficient (Wildman–Crippen LogP) is 2.10. The van der Waals surface area contributed by atoms with Crippen LogP contribution in [0.4, 0.5) is 0 Å². The maximum absolute atomic E-state index is 12.2. The first-order chi connectivity index (χ1) is 11.2. The number of hydrogen-bond acceptors (Lipinski definition) is 3. The van der Waals surface area contributed by atoms with Crippen LogP contribution in [-0.4, -0.2) is 30.6 Å². The van der Waals surface area contributed by atoms with Gasteiger partial charge in [0.2, 0.25) is 0 Å². The second-order valence-electron chi connectivity index (χ2n) is 6.24. The molecule has 0 saturated heterocycles. The Labute approximate surface area is 134 Å². The number of rotatable bonds is 3. The lowest BCUT2D eigenvalue weighted by Crippen LogP contribution is -2.37. The van der Waals surface area contributed by atoms with E-state index in [0.717, 1.165) is 30.9 Å². The Hall–Kier alpha value is -2.34. The highest BCUT2D eigenvalue weighted by Crippen LogP contribution is 2.29. The fourth-order valence-corrected chi connectivity index (χ4v) is 3.62. The molecule has 120 valence electrons. The zero-order valence-corrected chi connectivity index (χ0v) is 13.5. The van der Waals surface area contributed by atoms with Crippen LogP contribution in [0.5, 0.6) is 0 Å². The van der Waals surface area contributed by atoms with Crippen LogP contribution in [0.1, 0.15) is 36.5 Å². The summed E-state index contributed by atoms with van der Waals surface area (Å²) in [4.78, 5) is 19.3. The van der Waals surface area contributed by atoms with E-state index in [1.54, 1.807) is 6.07 Å². The van der Waals surface area contributed by atoms with Gasteiger partial charge in [-0.2, -0.15) is 0 Å². The molecule has 0 spiro atoms. The molecule has 1 aliphatic heterocycles. The summed E-state index contributed by atoms with van der Waals surface area (Å²) in [6.45, 7) is 6.82. The van der Waals surface area contributed by atoms with Crippen LogP contribution in [0.15, 0.2) is 35.3 Å². The standard InChI is InChI=1S/C17H21N5O/c1-3-14-15-5-4-6-20(15)7-8-21(14)11-13-10-17(23)22-16(18-13)9-12(2)19-22/h4-6,9-10,14,19H,3,7-8,11H2,1-2H3/t14-/m1/s1. The molecule has 4 heterocycles. The molecule has 0 aliphatic carbocycles. The molecule has 0 aromatic carbocycles. The summed E-state index contributed by atoms with van der Waals surface area (Å²) in [6, 6.07) is 8.24. The normalized spacial score (nSPS) is 18.4. The van der Waals surface area contributed by atoms with Gasteiger partial charge in [0.15, 0.2) is 5.65 Å². The number of H-pyrrole nitrogens is 1. The van der Waals surface area contributed by atoms with E-state index in [2.05, 4.69) is 44.8 Å². The average molecular weight is 311 g/mol. The second-order valence-corrected chi connectivity index (χ2v) is 6.24. The highest BCUT2D eigenvalue weighted by atomic mass is 16.1. The molecule has 0 unspecified atom stereocenters. The summed E-state index contributed by atoms with van der Waals surface area (Å²) >= 11 is 0. The lowest BCUT2D eigenvalue weighted by molar-refractivity contribution is 0.142. The molecule has 1 aliphatic rings. The molecule has 1 N–H and O–H groups in total. The topological polar surface area (TPSA) is 58.3 Å². The fourth-order valence-electron chi connectivity index (χ4n) is 3.62. The first-order valence-electron chi connectivity index (χ1n) is 8.13. The van der Waals surface area contributed by atoms with Gasteiger partial charge in [-0.1, -0.05) is 6.92 Å². The fraction of sp³-hybridized carbons (Fsp3) is 0.412. The lowest BCUT2D eigenvalue weighted by atomic mass is 10.1. The van der Waals surface area contributed by atoms with Crippen LogP contribution < -0.4 is 5.56 Å². The minimum Gasteiger partial charge on any atom is -0.349 e. The number of nitrogens with one attached hydrogen (secondary N) is 1. The van der Waals surface area contributed by atoms with Gasteiger partial charge in [-0.05, 0) is 25.5 Å². The van der Waals surface area contributed by atoms with Gasteiger partial charge >= 0.3 is 0 Å². The van der Waals surface area contributed by atoms with Gasteiger partial charge in [-0.3, -0.25) is 14.8 Å². The number of hydrogen-bond donors (Lipinski definition) is 1. The van der Waals surface area contributed by atoms with E-state index in [1.807, 2.05) is 13.0 Å². The summed E-state index contributed by atoms with van der Waals surface area (Å²) in [6.07, 6.45) is 3.20. The Bertz CT molecular complexity index is 903. The smallest absolute Gasteiger partial charge is 0.272 e.